The molecule has 1 aromatic rings. The van der Waals surface area contributed by atoms with Crippen LogP contribution in [0.4, 0.5) is 5.82 Å². The highest BCUT2D eigenvalue weighted by molar-refractivity contribution is 14.1. The maximum Gasteiger partial charge on any atom is 0.222 e. The van der Waals surface area contributed by atoms with E-state index < -0.39 is 0 Å². The van der Waals surface area contributed by atoms with Gasteiger partial charge >= 0.3 is 0 Å². The van der Waals surface area contributed by atoms with Crippen LogP contribution in [0.1, 0.15) is 12.5 Å². The summed E-state index contributed by atoms with van der Waals surface area (Å²) in [5.41, 5.74) is 1.01. The number of rotatable bonds is 1. The Balaban J connectivity index is 3.00. The van der Waals surface area contributed by atoms with E-state index in [-0.39, 0.29) is 5.91 Å². The monoisotopic (exact) mass is 276 g/mol. The zero-order valence-electron chi connectivity index (χ0n) is 6.89. The Morgan fingerprint density at radius 3 is 2.92 bits per heavy atom. The second-order valence-corrected chi connectivity index (χ2v) is 3.61. The Labute approximate surface area is 84.7 Å². The third-order valence-electron chi connectivity index (χ3n) is 1.43. The molecular weight excluding hydrogens is 267 g/mol. The van der Waals surface area contributed by atoms with Crippen molar-refractivity contribution < 1.29 is 4.79 Å². The minimum Gasteiger partial charge on any atom is -0.311 e. The Bertz CT molecular complexity index is 312. The first-order valence-electron chi connectivity index (χ1n) is 3.50. The molecule has 1 rings (SSSR count). The highest BCUT2D eigenvalue weighted by Crippen LogP contribution is 2.16. The van der Waals surface area contributed by atoms with E-state index in [4.69, 9.17) is 0 Å². The molecule has 1 heterocycles. The molecule has 0 saturated heterocycles. The van der Waals surface area contributed by atoms with Crippen LogP contribution in [0.15, 0.2) is 12.3 Å². The molecule has 0 bridgehead atoms. The Morgan fingerprint density at radius 1 is 1.67 bits per heavy atom. The SMILES string of the molecule is CC(=O)Nc1nccc(I)c1C. The molecule has 0 unspecified atom stereocenters. The molecule has 12 heavy (non-hydrogen) atoms. The van der Waals surface area contributed by atoms with E-state index in [1.807, 2.05) is 13.0 Å². The van der Waals surface area contributed by atoms with Crippen LogP contribution in [0.3, 0.4) is 0 Å². The molecule has 0 spiro atoms. The molecule has 0 aromatic carbocycles. The van der Waals surface area contributed by atoms with Gasteiger partial charge in [0.1, 0.15) is 5.82 Å². The first kappa shape index (κ1) is 9.44. The second kappa shape index (κ2) is 3.84. The highest BCUT2D eigenvalue weighted by Gasteiger charge is 2.03. The third kappa shape index (κ3) is 2.17. The van der Waals surface area contributed by atoms with E-state index >= 15 is 0 Å². The normalized spacial score (nSPS) is 9.58. The average Bonchev–Trinajstić information content (AvgIpc) is 1.98. The number of nitrogens with zero attached hydrogens (tertiary/aromatic N) is 1. The van der Waals surface area contributed by atoms with Crippen LogP contribution in [-0.4, -0.2) is 10.9 Å². The minimum atomic E-state index is -0.0902. The summed E-state index contributed by atoms with van der Waals surface area (Å²) in [7, 11) is 0. The van der Waals surface area contributed by atoms with E-state index in [1.165, 1.54) is 6.92 Å². The van der Waals surface area contributed by atoms with Crippen LogP contribution in [0, 0.1) is 10.5 Å². The van der Waals surface area contributed by atoms with Crippen molar-refractivity contribution in [3.05, 3.63) is 21.4 Å². The van der Waals surface area contributed by atoms with Crippen molar-refractivity contribution in [1.82, 2.24) is 4.98 Å². The van der Waals surface area contributed by atoms with Crippen molar-refractivity contribution in [3.8, 4) is 0 Å². The Morgan fingerprint density at radius 2 is 2.33 bits per heavy atom. The van der Waals surface area contributed by atoms with E-state index in [2.05, 4.69) is 32.9 Å². The number of carbonyl (C=O) groups excluding carboxylic acids is 1. The van der Waals surface area contributed by atoms with Crippen molar-refractivity contribution in [3.63, 3.8) is 0 Å². The minimum absolute atomic E-state index is 0.0902. The van der Waals surface area contributed by atoms with Crippen molar-refractivity contribution in [2.45, 2.75) is 13.8 Å². The topological polar surface area (TPSA) is 42.0 Å². The number of anilines is 1. The van der Waals surface area contributed by atoms with E-state index in [0.29, 0.717) is 5.82 Å². The molecule has 0 radical (unpaired) electrons. The van der Waals surface area contributed by atoms with Crippen LogP contribution >= 0.6 is 22.6 Å². The number of carbonyl (C=O) groups is 1. The summed E-state index contributed by atoms with van der Waals surface area (Å²) < 4.78 is 1.10. The Kier molecular flexibility index (Phi) is 3.02. The van der Waals surface area contributed by atoms with Gasteiger partial charge in [-0.05, 0) is 35.6 Å². The lowest BCUT2D eigenvalue weighted by Gasteiger charge is -2.05. The van der Waals surface area contributed by atoms with Crippen molar-refractivity contribution in [2.24, 2.45) is 0 Å². The number of hydrogen-bond acceptors (Lipinski definition) is 2. The molecule has 0 fully saturated rings. The average molecular weight is 276 g/mol. The van der Waals surface area contributed by atoms with Crippen LogP contribution in [0.2, 0.25) is 0 Å². The predicted octanol–water partition coefficient (Wildman–Crippen LogP) is 1.95. The molecule has 0 aliphatic carbocycles. The third-order valence-corrected chi connectivity index (χ3v) is 2.60. The molecule has 0 aliphatic heterocycles. The number of pyridine rings is 1. The van der Waals surface area contributed by atoms with E-state index in [0.717, 1.165) is 9.13 Å². The summed E-state index contributed by atoms with van der Waals surface area (Å²) in [6.45, 7) is 3.40. The number of aromatic nitrogens is 1. The van der Waals surface area contributed by atoms with Crippen molar-refractivity contribution >= 4 is 34.3 Å². The van der Waals surface area contributed by atoms with Gasteiger partial charge in [0.15, 0.2) is 0 Å². The largest absolute Gasteiger partial charge is 0.311 e. The van der Waals surface area contributed by atoms with Gasteiger partial charge in [-0.1, -0.05) is 0 Å². The summed E-state index contributed by atoms with van der Waals surface area (Å²) in [4.78, 5) is 14.8. The van der Waals surface area contributed by atoms with Gasteiger partial charge in [0.05, 0.1) is 0 Å². The maximum absolute atomic E-state index is 10.7. The highest BCUT2D eigenvalue weighted by atomic mass is 127. The molecule has 1 N–H and O–H groups in total. The summed E-state index contributed by atoms with van der Waals surface area (Å²) in [6, 6.07) is 1.90. The standard InChI is InChI=1S/C8H9IN2O/c1-5-7(9)3-4-10-8(5)11-6(2)12/h3-4H,1-2H3,(H,10,11,12). The fourth-order valence-electron chi connectivity index (χ4n) is 0.805. The van der Waals surface area contributed by atoms with Crippen LogP contribution < -0.4 is 5.32 Å². The first-order chi connectivity index (χ1) is 5.61. The summed E-state index contributed by atoms with van der Waals surface area (Å²) in [5.74, 6) is 0.557. The lowest BCUT2D eigenvalue weighted by molar-refractivity contribution is -0.114. The van der Waals surface area contributed by atoms with Gasteiger partial charge in [-0.2, -0.15) is 0 Å². The van der Waals surface area contributed by atoms with Crippen molar-refractivity contribution in [2.75, 3.05) is 5.32 Å². The molecule has 64 valence electrons. The first-order valence-corrected chi connectivity index (χ1v) is 4.58. The molecule has 1 amide bonds. The van der Waals surface area contributed by atoms with Gasteiger partial charge in [-0.3, -0.25) is 4.79 Å². The smallest absolute Gasteiger partial charge is 0.222 e. The number of halogens is 1. The van der Waals surface area contributed by atoms with E-state index in [9.17, 15) is 4.79 Å². The summed E-state index contributed by atoms with van der Waals surface area (Å²) in [5, 5.41) is 2.66. The van der Waals surface area contributed by atoms with Gasteiger partial charge in [0, 0.05) is 22.3 Å². The summed E-state index contributed by atoms with van der Waals surface area (Å²) in [6.07, 6.45) is 1.68. The van der Waals surface area contributed by atoms with Gasteiger partial charge < -0.3 is 5.32 Å². The molecule has 0 atom stereocenters. The lowest BCUT2D eigenvalue weighted by Crippen LogP contribution is -2.09. The van der Waals surface area contributed by atoms with Gasteiger partial charge in [-0.25, -0.2) is 4.98 Å². The fourth-order valence-corrected chi connectivity index (χ4v) is 1.22. The van der Waals surface area contributed by atoms with Crippen molar-refractivity contribution in [1.29, 1.82) is 0 Å². The van der Waals surface area contributed by atoms with Gasteiger partial charge in [-0.15, -0.1) is 0 Å². The number of hydrogen-bond donors (Lipinski definition) is 1. The van der Waals surface area contributed by atoms with Gasteiger partial charge in [0.2, 0.25) is 5.91 Å². The zero-order valence-corrected chi connectivity index (χ0v) is 9.05. The Hall–Kier alpha value is -0.650. The fraction of sp³-hybridized carbons (Fsp3) is 0.250. The number of amides is 1. The quantitative estimate of drug-likeness (QED) is 0.796. The molecule has 3 nitrogen and oxygen atoms in total. The number of nitrogens with one attached hydrogen (secondary N) is 1. The molecule has 0 saturated carbocycles. The molecular formula is C8H9IN2O. The maximum atomic E-state index is 10.7. The van der Waals surface area contributed by atoms with Crippen LogP contribution in [0.25, 0.3) is 0 Å². The summed E-state index contributed by atoms with van der Waals surface area (Å²) >= 11 is 2.21. The van der Waals surface area contributed by atoms with Crippen LogP contribution in [-0.2, 0) is 4.79 Å². The zero-order chi connectivity index (χ0) is 9.14. The lowest BCUT2D eigenvalue weighted by atomic mass is 10.3. The molecule has 1 aromatic heterocycles. The van der Waals surface area contributed by atoms with E-state index in [1.54, 1.807) is 6.20 Å². The predicted molar refractivity (Wildman–Crippen MR) is 56.0 cm³/mol. The van der Waals surface area contributed by atoms with Crippen LogP contribution in [0.5, 0.6) is 0 Å². The molecule has 0 aliphatic rings. The molecule has 4 heteroatoms. The van der Waals surface area contributed by atoms with Gasteiger partial charge in [0.25, 0.3) is 0 Å². The second-order valence-electron chi connectivity index (χ2n) is 2.45.